The topological polar surface area (TPSA) is 42.4 Å². The maximum atomic E-state index is 12.8. The van der Waals surface area contributed by atoms with Gasteiger partial charge in [-0.15, -0.1) is 0 Å². The Morgan fingerprint density at radius 2 is 1.80 bits per heavy atom. The van der Waals surface area contributed by atoms with E-state index in [1.54, 1.807) is 11.1 Å². The number of aromatic nitrogens is 1. The minimum absolute atomic E-state index is 0.0349. The molecule has 0 unspecified atom stereocenters. The Balaban J connectivity index is 1.75. The molecule has 126 valence electrons. The Bertz CT molecular complexity index is 820. The SMILES string of the molecule is Cc1cccc(OCC(=O)N(Cc2ccccc2)c2ccccn2)c1. The molecule has 0 spiro atoms. The smallest absolute Gasteiger partial charge is 0.266 e. The van der Waals surface area contributed by atoms with E-state index >= 15 is 0 Å². The Hall–Kier alpha value is -3.14. The van der Waals surface area contributed by atoms with Crippen molar-refractivity contribution in [2.24, 2.45) is 0 Å². The van der Waals surface area contributed by atoms with Gasteiger partial charge < -0.3 is 4.74 Å². The van der Waals surface area contributed by atoms with Crippen LogP contribution in [0.15, 0.2) is 79.0 Å². The molecule has 0 saturated heterocycles. The normalized spacial score (nSPS) is 10.3. The zero-order valence-corrected chi connectivity index (χ0v) is 14.1. The van der Waals surface area contributed by atoms with Crippen LogP contribution in [-0.2, 0) is 11.3 Å². The second kappa shape index (κ2) is 8.11. The van der Waals surface area contributed by atoms with Crippen LogP contribution in [0.4, 0.5) is 5.82 Å². The van der Waals surface area contributed by atoms with Crippen LogP contribution in [0.25, 0.3) is 0 Å². The molecule has 0 bridgehead atoms. The van der Waals surface area contributed by atoms with Gasteiger partial charge in [0.05, 0.1) is 6.54 Å². The molecule has 0 radical (unpaired) electrons. The van der Waals surface area contributed by atoms with Gasteiger partial charge >= 0.3 is 0 Å². The number of ether oxygens (including phenoxy) is 1. The van der Waals surface area contributed by atoms with Crippen molar-refractivity contribution in [1.82, 2.24) is 4.98 Å². The number of aryl methyl sites for hydroxylation is 1. The Labute approximate surface area is 147 Å². The van der Waals surface area contributed by atoms with E-state index < -0.39 is 0 Å². The number of carbonyl (C=O) groups excluding carboxylic acids is 1. The summed E-state index contributed by atoms with van der Waals surface area (Å²) in [5, 5.41) is 0. The molecule has 0 aliphatic heterocycles. The molecule has 3 aromatic rings. The number of hydrogen-bond donors (Lipinski definition) is 0. The van der Waals surface area contributed by atoms with E-state index in [0.29, 0.717) is 18.1 Å². The van der Waals surface area contributed by atoms with Gasteiger partial charge in [0.15, 0.2) is 6.61 Å². The molecule has 0 fully saturated rings. The number of amides is 1. The standard InChI is InChI=1S/C21H20N2O2/c1-17-8-7-11-19(14-17)25-16-21(24)23(20-12-5-6-13-22-20)15-18-9-3-2-4-10-18/h2-14H,15-16H2,1H3. The van der Waals surface area contributed by atoms with Crippen molar-refractivity contribution in [2.75, 3.05) is 11.5 Å². The Kier molecular flexibility index (Phi) is 5.42. The summed E-state index contributed by atoms with van der Waals surface area (Å²) in [5.74, 6) is 1.17. The van der Waals surface area contributed by atoms with E-state index in [0.717, 1.165) is 11.1 Å². The van der Waals surface area contributed by atoms with E-state index in [9.17, 15) is 4.79 Å². The van der Waals surface area contributed by atoms with Gasteiger partial charge in [-0.25, -0.2) is 4.98 Å². The highest BCUT2D eigenvalue weighted by molar-refractivity contribution is 5.93. The second-order valence-corrected chi connectivity index (χ2v) is 5.76. The van der Waals surface area contributed by atoms with Gasteiger partial charge in [0.2, 0.25) is 0 Å². The fraction of sp³-hybridized carbons (Fsp3) is 0.143. The van der Waals surface area contributed by atoms with Crippen LogP contribution < -0.4 is 9.64 Å². The zero-order chi connectivity index (χ0) is 17.5. The van der Waals surface area contributed by atoms with Gasteiger partial charge in [-0.05, 0) is 42.3 Å². The number of anilines is 1. The minimum atomic E-state index is -0.135. The molecule has 25 heavy (non-hydrogen) atoms. The maximum Gasteiger partial charge on any atom is 0.266 e. The average molecular weight is 332 g/mol. The van der Waals surface area contributed by atoms with Crippen molar-refractivity contribution >= 4 is 11.7 Å². The molecule has 1 heterocycles. The van der Waals surface area contributed by atoms with Crippen LogP contribution >= 0.6 is 0 Å². The summed E-state index contributed by atoms with van der Waals surface area (Å²) in [6, 6.07) is 23.0. The lowest BCUT2D eigenvalue weighted by molar-refractivity contribution is -0.120. The molecule has 0 N–H and O–H groups in total. The van der Waals surface area contributed by atoms with Crippen molar-refractivity contribution in [2.45, 2.75) is 13.5 Å². The number of pyridine rings is 1. The molecule has 4 heteroatoms. The van der Waals surface area contributed by atoms with E-state index in [2.05, 4.69) is 4.98 Å². The van der Waals surface area contributed by atoms with Gasteiger partial charge in [-0.1, -0.05) is 48.5 Å². The highest BCUT2D eigenvalue weighted by Gasteiger charge is 2.18. The molecule has 0 saturated carbocycles. The number of hydrogen-bond acceptors (Lipinski definition) is 3. The van der Waals surface area contributed by atoms with E-state index in [-0.39, 0.29) is 12.5 Å². The van der Waals surface area contributed by atoms with Crippen molar-refractivity contribution in [3.05, 3.63) is 90.1 Å². The predicted molar refractivity (Wildman–Crippen MR) is 98.5 cm³/mol. The first-order chi connectivity index (χ1) is 12.2. The lowest BCUT2D eigenvalue weighted by Gasteiger charge is -2.22. The molecule has 2 aromatic carbocycles. The molecule has 1 aromatic heterocycles. The van der Waals surface area contributed by atoms with Gasteiger partial charge in [0.1, 0.15) is 11.6 Å². The molecule has 1 amide bonds. The van der Waals surface area contributed by atoms with E-state index in [1.165, 1.54) is 0 Å². The summed E-state index contributed by atoms with van der Waals surface area (Å²) >= 11 is 0. The molecule has 0 aliphatic carbocycles. The van der Waals surface area contributed by atoms with E-state index in [4.69, 9.17) is 4.74 Å². The molecule has 3 rings (SSSR count). The fourth-order valence-electron chi connectivity index (χ4n) is 2.50. The number of carbonyl (C=O) groups is 1. The zero-order valence-electron chi connectivity index (χ0n) is 14.1. The molecule has 4 nitrogen and oxygen atoms in total. The van der Waals surface area contributed by atoms with Crippen molar-refractivity contribution < 1.29 is 9.53 Å². The maximum absolute atomic E-state index is 12.8. The first-order valence-corrected chi connectivity index (χ1v) is 8.17. The van der Waals surface area contributed by atoms with Crippen LogP contribution in [0.2, 0.25) is 0 Å². The fourth-order valence-corrected chi connectivity index (χ4v) is 2.50. The third-order valence-electron chi connectivity index (χ3n) is 3.76. The first-order valence-electron chi connectivity index (χ1n) is 8.17. The van der Waals surface area contributed by atoms with Gasteiger partial charge in [-0.2, -0.15) is 0 Å². The number of nitrogens with zero attached hydrogens (tertiary/aromatic N) is 2. The summed E-state index contributed by atoms with van der Waals surface area (Å²) in [6.07, 6.45) is 1.68. The predicted octanol–water partition coefficient (Wildman–Crippen LogP) is 4.00. The van der Waals surface area contributed by atoms with Crippen molar-refractivity contribution in [3.63, 3.8) is 0 Å². The van der Waals surface area contributed by atoms with Crippen LogP contribution in [0.3, 0.4) is 0 Å². The summed E-state index contributed by atoms with van der Waals surface area (Å²) in [4.78, 5) is 18.7. The van der Waals surface area contributed by atoms with Gasteiger partial charge in [-0.3, -0.25) is 9.69 Å². The third-order valence-corrected chi connectivity index (χ3v) is 3.76. The van der Waals surface area contributed by atoms with Crippen LogP contribution in [0.1, 0.15) is 11.1 Å². The lowest BCUT2D eigenvalue weighted by atomic mass is 10.2. The highest BCUT2D eigenvalue weighted by atomic mass is 16.5. The summed E-state index contributed by atoms with van der Waals surface area (Å²) < 4.78 is 5.67. The Morgan fingerprint density at radius 1 is 1.00 bits per heavy atom. The van der Waals surface area contributed by atoms with Crippen molar-refractivity contribution in [3.8, 4) is 5.75 Å². The molecule has 0 atom stereocenters. The molecule has 0 aliphatic rings. The van der Waals surface area contributed by atoms with Crippen LogP contribution in [0, 0.1) is 6.92 Å². The van der Waals surface area contributed by atoms with Crippen molar-refractivity contribution in [1.29, 1.82) is 0 Å². The van der Waals surface area contributed by atoms with Gasteiger partial charge in [0, 0.05) is 6.20 Å². The molecular weight excluding hydrogens is 312 g/mol. The molecular formula is C21H20N2O2. The monoisotopic (exact) mass is 332 g/mol. The van der Waals surface area contributed by atoms with Gasteiger partial charge in [0.25, 0.3) is 5.91 Å². The first kappa shape index (κ1) is 16.7. The third kappa shape index (κ3) is 4.67. The largest absolute Gasteiger partial charge is 0.484 e. The van der Waals surface area contributed by atoms with E-state index in [1.807, 2.05) is 79.7 Å². The Morgan fingerprint density at radius 3 is 2.52 bits per heavy atom. The van der Waals surface area contributed by atoms with Crippen LogP contribution in [-0.4, -0.2) is 17.5 Å². The summed E-state index contributed by atoms with van der Waals surface area (Å²) in [6.45, 7) is 2.41. The minimum Gasteiger partial charge on any atom is -0.484 e. The summed E-state index contributed by atoms with van der Waals surface area (Å²) in [5.41, 5.74) is 2.13. The quantitative estimate of drug-likeness (QED) is 0.685. The number of rotatable bonds is 6. The second-order valence-electron chi connectivity index (χ2n) is 5.76. The average Bonchev–Trinajstić information content (AvgIpc) is 2.66. The number of benzene rings is 2. The highest BCUT2D eigenvalue weighted by Crippen LogP contribution is 2.16. The summed E-state index contributed by atoms with van der Waals surface area (Å²) in [7, 11) is 0. The lowest BCUT2D eigenvalue weighted by Crippen LogP contribution is -2.35. The van der Waals surface area contributed by atoms with Crippen LogP contribution in [0.5, 0.6) is 5.75 Å².